The lowest BCUT2D eigenvalue weighted by atomic mass is 10.0. The molecule has 9 heteroatoms. The van der Waals surface area contributed by atoms with Crippen LogP contribution in [0.4, 0.5) is 10.5 Å². The van der Waals surface area contributed by atoms with Gasteiger partial charge in [0.1, 0.15) is 24.1 Å². The van der Waals surface area contributed by atoms with E-state index in [0.29, 0.717) is 35.9 Å². The molecule has 0 spiro atoms. The summed E-state index contributed by atoms with van der Waals surface area (Å²) in [5, 5.41) is 5.68. The molecule has 9 nitrogen and oxygen atoms in total. The van der Waals surface area contributed by atoms with Crippen LogP contribution in [-0.2, 0) is 16.1 Å². The Labute approximate surface area is 193 Å². The average molecular weight is 456 g/mol. The molecule has 3 rings (SSSR count). The fraction of sp³-hybridized carbons (Fsp3) is 0.375. The number of rotatable bonds is 9. The van der Waals surface area contributed by atoms with Crippen LogP contribution in [0.1, 0.15) is 29.8 Å². The summed E-state index contributed by atoms with van der Waals surface area (Å²) in [7, 11) is 3.00. The Kier molecular flexibility index (Phi) is 7.76. The number of cyclic esters (lactones) is 1. The summed E-state index contributed by atoms with van der Waals surface area (Å²) in [5.74, 6) is 0.0978. The number of methoxy groups -OCH3 is 2. The number of carbonyl (C=O) groups excluding carboxylic acids is 3. The van der Waals surface area contributed by atoms with E-state index in [1.807, 2.05) is 38.1 Å². The Morgan fingerprint density at radius 3 is 2.36 bits per heavy atom. The fourth-order valence-electron chi connectivity index (χ4n) is 3.46. The van der Waals surface area contributed by atoms with E-state index in [0.717, 1.165) is 5.56 Å². The lowest BCUT2D eigenvalue weighted by Gasteiger charge is -2.22. The zero-order chi connectivity index (χ0) is 24.0. The molecule has 3 amide bonds. The molecule has 0 saturated carbocycles. The second-order valence-electron chi connectivity index (χ2n) is 7.95. The molecular weight excluding hydrogens is 426 g/mol. The molecule has 2 N–H and O–H groups in total. The number of anilines is 1. The zero-order valence-corrected chi connectivity index (χ0v) is 19.2. The highest BCUT2D eigenvalue weighted by atomic mass is 16.6. The van der Waals surface area contributed by atoms with Crippen molar-refractivity contribution in [3.05, 3.63) is 53.6 Å². The Hall–Kier alpha value is -3.75. The maximum Gasteiger partial charge on any atom is 0.414 e. The van der Waals surface area contributed by atoms with E-state index in [2.05, 4.69) is 10.6 Å². The monoisotopic (exact) mass is 455 g/mol. The van der Waals surface area contributed by atoms with Crippen LogP contribution in [0.25, 0.3) is 0 Å². The number of nitrogens with zero attached hydrogens (tertiary/aromatic N) is 1. The number of hydrogen-bond donors (Lipinski definition) is 2. The van der Waals surface area contributed by atoms with Crippen LogP contribution in [0.15, 0.2) is 42.5 Å². The van der Waals surface area contributed by atoms with Crippen molar-refractivity contribution in [1.29, 1.82) is 0 Å². The second-order valence-corrected chi connectivity index (χ2v) is 7.95. The lowest BCUT2D eigenvalue weighted by Crippen LogP contribution is -2.49. The van der Waals surface area contributed by atoms with Gasteiger partial charge >= 0.3 is 6.09 Å². The van der Waals surface area contributed by atoms with E-state index in [1.54, 1.807) is 23.1 Å². The highest BCUT2D eigenvalue weighted by Crippen LogP contribution is 2.23. The van der Waals surface area contributed by atoms with E-state index in [4.69, 9.17) is 14.2 Å². The number of carbonyl (C=O) groups is 3. The fourth-order valence-corrected chi connectivity index (χ4v) is 3.46. The normalized spacial score (nSPS) is 14.0. The van der Waals surface area contributed by atoms with Crippen molar-refractivity contribution in [2.24, 2.45) is 5.92 Å². The van der Waals surface area contributed by atoms with Gasteiger partial charge in [-0.05, 0) is 35.7 Å². The summed E-state index contributed by atoms with van der Waals surface area (Å²) in [6.45, 7) is 4.81. The van der Waals surface area contributed by atoms with Crippen molar-refractivity contribution in [3.63, 3.8) is 0 Å². The summed E-state index contributed by atoms with van der Waals surface area (Å²) < 4.78 is 15.4. The predicted molar refractivity (Wildman–Crippen MR) is 123 cm³/mol. The van der Waals surface area contributed by atoms with E-state index >= 15 is 0 Å². The molecule has 2 aromatic rings. The maximum atomic E-state index is 12.9. The molecule has 1 fully saturated rings. The van der Waals surface area contributed by atoms with Crippen LogP contribution in [0.3, 0.4) is 0 Å². The molecule has 2 aromatic carbocycles. The Balaban J connectivity index is 1.66. The molecule has 1 aliphatic rings. The maximum absolute atomic E-state index is 12.9. The summed E-state index contributed by atoms with van der Waals surface area (Å²) in [4.78, 5) is 39.1. The molecule has 0 aromatic heterocycles. The van der Waals surface area contributed by atoms with Gasteiger partial charge in [0.2, 0.25) is 5.91 Å². The van der Waals surface area contributed by atoms with Gasteiger partial charge in [-0.3, -0.25) is 14.5 Å². The smallest absolute Gasteiger partial charge is 0.414 e. The second kappa shape index (κ2) is 10.7. The van der Waals surface area contributed by atoms with Crippen molar-refractivity contribution in [2.75, 3.05) is 32.3 Å². The van der Waals surface area contributed by atoms with Crippen LogP contribution in [0.5, 0.6) is 11.5 Å². The first-order valence-corrected chi connectivity index (χ1v) is 10.7. The molecule has 0 bridgehead atoms. The Morgan fingerprint density at radius 2 is 1.79 bits per heavy atom. The van der Waals surface area contributed by atoms with E-state index in [-0.39, 0.29) is 24.5 Å². The quantitative estimate of drug-likeness (QED) is 0.602. The molecule has 0 radical (unpaired) electrons. The topological polar surface area (TPSA) is 106 Å². The van der Waals surface area contributed by atoms with Gasteiger partial charge < -0.3 is 24.8 Å². The molecule has 1 atom stereocenters. The number of benzene rings is 2. The van der Waals surface area contributed by atoms with Gasteiger partial charge in [0.15, 0.2) is 0 Å². The lowest BCUT2D eigenvalue weighted by molar-refractivity contribution is -0.124. The molecule has 176 valence electrons. The van der Waals surface area contributed by atoms with Crippen molar-refractivity contribution >= 4 is 23.6 Å². The highest BCUT2D eigenvalue weighted by molar-refractivity contribution is 5.98. The number of ether oxygens (including phenoxy) is 3. The minimum atomic E-state index is -0.744. The highest BCUT2D eigenvalue weighted by Gasteiger charge is 2.26. The minimum absolute atomic E-state index is 0.146. The van der Waals surface area contributed by atoms with Crippen LogP contribution >= 0.6 is 0 Å². The van der Waals surface area contributed by atoms with Crippen molar-refractivity contribution in [3.8, 4) is 11.5 Å². The first-order chi connectivity index (χ1) is 15.8. The molecular formula is C24H29N3O6. The first-order valence-electron chi connectivity index (χ1n) is 10.7. The molecule has 0 aliphatic carbocycles. The van der Waals surface area contributed by atoms with E-state index < -0.39 is 11.9 Å². The molecule has 1 aliphatic heterocycles. The number of hydrogen-bond acceptors (Lipinski definition) is 6. The molecule has 1 heterocycles. The third-order valence-corrected chi connectivity index (χ3v) is 5.30. The molecule has 1 saturated heterocycles. The van der Waals surface area contributed by atoms with Crippen molar-refractivity contribution in [1.82, 2.24) is 10.6 Å². The van der Waals surface area contributed by atoms with Gasteiger partial charge in [0.05, 0.1) is 20.8 Å². The van der Waals surface area contributed by atoms with Gasteiger partial charge in [0.25, 0.3) is 5.91 Å². The molecule has 33 heavy (non-hydrogen) atoms. The third-order valence-electron chi connectivity index (χ3n) is 5.30. The summed E-state index contributed by atoms with van der Waals surface area (Å²) in [5.41, 5.74) is 1.87. The molecule has 1 unspecified atom stereocenters. The Morgan fingerprint density at radius 1 is 1.09 bits per heavy atom. The SMILES string of the molecule is COc1cc(OC)cc(C(=O)NC(C(=O)NCc2cccc(N3CCOC3=O)c2)C(C)C)c1. The first kappa shape index (κ1) is 23.9. The van der Waals surface area contributed by atoms with Crippen LogP contribution in [0.2, 0.25) is 0 Å². The zero-order valence-electron chi connectivity index (χ0n) is 19.2. The van der Waals surface area contributed by atoms with Crippen molar-refractivity contribution in [2.45, 2.75) is 26.4 Å². The predicted octanol–water partition coefficient (Wildman–Crippen LogP) is 2.73. The number of nitrogens with one attached hydrogen (secondary N) is 2. The average Bonchev–Trinajstić information content (AvgIpc) is 3.26. The van der Waals surface area contributed by atoms with Gasteiger partial charge in [-0.2, -0.15) is 0 Å². The van der Waals surface area contributed by atoms with Gasteiger partial charge in [-0.25, -0.2) is 4.79 Å². The van der Waals surface area contributed by atoms with Crippen LogP contribution in [-0.4, -0.2) is 51.3 Å². The number of amides is 3. The summed E-state index contributed by atoms with van der Waals surface area (Å²) in [6.07, 6.45) is -0.382. The van der Waals surface area contributed by atoms with Crippen LogP contribution in [0, 0.1) is 5.92 Å². The largest absolute Gasteiger partial charge is 0.497 e. The van der Waals surface area contributed by atoms with Gasteiger partial charge in [0, 0.05) is 23.9 Å². The van der Waals surface area contributed by atoms with E-state index in [9.17, 15) is 14.4 Å². The summed E-state index contributed by atoms with van der Waals surface area (Å²) >= 11 is 0. The van der Waals surface area contributed by atoms with Gasteiger partial charge in [-0.15, -0.1) is 0 Å². The standard InChI is InChI=1S/C24H29N3O6/c1-15(2)21(26-22(28)17-11-19(31-3)13-20(12-17)32-4)23(29)25-14-16-6-5-7-18(10-16)27-8-9-33-24(27)30/h5-7,10-13,15,21H,8-9,14H2,1-4H3,(H,25,29)(H,26,28). The summed E-state index contributed by atoms with van der Waals surface area (Å²) in [6, 6.07) is 11.4. The van der Waals surface area contributed by atoms with Gasteiger partial charge in [-0.1, -0.05) is 26.0 Å². The Bertz CT molecular complexity index is 1000. The van der Waals surface area contributed by atoms with E-state index in [1.165, 1.54) is 14.2 Å². The third kappa shape index (κ3) is 5.94. The minimum Gasteiger partial charge on any atom is -0.497 e. The van der Waals surface area contributed by atoms with Crippen LogP contribution < -0.4 is 25.0 Å². The van der Waals surface area contributed by atoms with Crippen molar-refractivity contribution < 1.29 is 28.6 Å².